The van der Waals surface area contributed by atoms with E-state index in [1.54, 1.807) is 0 Å². The van der Waals surface area contributed by atoms with Gasteiger partial charge in [0, 0.05) is 20.0 Å². The predicted octanol–water partition coefficient (Wildman–Crippen LogP) is 3.34. The van der Waals surface area contributed by atoms with Crippen molar-refractivity contribution in [3.8, 4) is 0 Å². The number of hydrogen-bond acceptors (Lipinski definition) is 3. The third kappa shape index (κ3) is 8.45. The van der Waals surface area contributed by atoms with Gasteiger partial charge in [0.15, 0.2) is 5.05 Å². The van der Waals surface area contributed by atoms with E-state index in [0.29, 0.717) is 5.05 Å². The molecule has 0 saturated heterocycles. The average Bonchev–Trinajstić information content (AvgIpc) is 2.13. The Labute approximate surface area is 93.0 Å². The molecule has 0 fully saturated rings. The van der Waals surface area contributed by atoms with E-state index in [4.69, 9.17) is 21.7 Å². The number of thiocarbonyl (C=S) groups is 1. The summed E-state index contributed by atoms with van der Waals surface area (Å²) in [5.74, 6) is 0. The molecule has 1 unspecified atom stereocenters. The van der Waals surface area contributed by atoms with Crippen LogP contribution in [0, 0.1) is 0 Å². The lowest BCUT2D eigenvalue weighted by molar-refractivity contribution is 0.0910. The highest BCUT2D eigenvalue weighted by atomic mass is 32.1. The first-order chi connectivity index (χ1) is 6.70. The van der Waals surface area contributed by atoms with E-state index in [2.05, 4.69) is 6.92 Å². The lowest BCUT2D eigenvalue weighted by atomic mass is 10.1. The first kappa shape index (κ1) is 13.8. The third-order valence-corrected chi connectivity index (χ3v) is 2.10. The van der Waals surface area contributed by atoms with Crippen LogP contribution in [0.3, 0.4) is 0 Å². The number of rotatable bonds is 8. The Hall–Kier alpha value is -0.150. The normalized spacial score (nSPS) is 12.5. The van der Waals surface area contributed by atoms with Gasteiger partial charge in [-0.1, -0.05) is 19.8 Å². The van der Waals surface area contributed by atoms with Crippen molar-refractivity contribution in [1.82, 2.24) is 0 Å². The molecular weight excluding hydrogens is 196 g/mol. The van der Waals surface area contributed by atoms with Crippen LogP contribution in [0.5, 0.6) is 0 Å². The third-order valence-electron chi connectivity index (χ3n) is 2.00. The number of unbranched alkanes of at least 4 members (excludes halogenated alkanes) is 1. The largest absolute Gasteiger partial charge is 0.484 e. The molecule has 0 aromatic carbocycles. The fraction of sp³-hybridized carbons (Fsp3) is 0.909. The summed E-state index contributed by atoms with van der Waals surface area (Å²) in [4.78, 5) is 0. The highest BCUT2D eigenvalue weighted by molar-refractivity contribution is 7.80. The summed E-state index contributed by atoms with van der Waals surface area (Å²) in [6, 6.07) is 0. The number of hydrogen-bond donors (Lipinski definition) is 0. The van der Waals surface area contributed by atoms with Crippen LogP contribution >= 0.6 is 12.2 Å². The van der Waals surface area contributed by atoms with Crippen molar-refractivity contribution in [2.45, 2.75) is 52.6 Å². The molecule has 0 aliphatic heterocycles. The van der Waals surface area contributed by atoms with E-state index in [1.165, 1.54) is 12.8 Å². The molecule has 0 amide bonds. The minimum atomic E-state index is 0.249. The summed E-state index contributed by atoms with van der Waals surface area (Å²) in [5.41, 5.74) is 0. The molecule has 1 atom stereocenters. The zero-order valence-electron chi connectivity index (χ0n) is 9.54. The van der Waals surface area contributed by atoms with Gasteiger partial charge in [-0.2, -0.15) is 0 Å². The SMILES string of the molecule is CCCCC(CCOCC)OC(C)=S. The van der Waals surface area contributed by atoms with Gasteiger partial charge in [-0.25, -0.2) is 0 Å². The fourth-order valence-electron chi connectivity index (χ4n) is 1.29. The standard InChI is InChI=1S/C11H22O2S/c1-4-6-7-11(13-10(3)14)8-9-12-5-2/h11H,4-9H2,1-3H3. The Morgan fingerprint density at radius 3 is 2.50 bits per heavy atom. The maximum Gasteiger partial charge on any atom is 0.157 e. The van der Waals surface area contributed by atoms with Crippen LogP contribution in [0.2, 0.25) is 0 Å². The fourth-order valence-corrected chi connectivity index (χ4v) is 1.42. The van der Waals surface area contributed by atoms with Crippen LogP contribution in [0.1, 0.15) is 46.5 Å². The van der Waals surface area contributed by atoms with Gasteiger partial charge in [0.2, 0.25) is 0 Å². The minimum absolute atomic E-state index is 0.249. The van der Waals surface area contributed by atoms with E-state index in [0.717, 1.165) is 26.1 Å². The van der Waals surface area contributed by atoms with Gasteiger partial charge in [-0.15, -0.1) is 0 Å². The van der Waals surface area contributed by atoms with Gasteiger partial charge in [0.25, 0.3) is 0 Å². The maximum absolute atomic E-state index is 5.55. The van der Waals surface area contributed by atoms with Gasteiger partial charge in [0.05, 0.1) is 6.61 Å². The second kappa shape index (κ2) is 9.41. The molecular formula is C11H22O2S. The summed E-state index contributed by atoms with van der Waals surface area (Å²) >= 11 is 4.94. The smallest absolute Gasteiger partial charge is 0.157 e. The Kier molecular flexibility index (Phi) is 9.31. The molecule has 0 radical (unpaired) electrons. The monoisotopic (exact) mass is 218 g/mol. The summed E-state index contributed by atoms with van der Waals surface area (Å²) in [5, 5.41) is 0.641. The first-order valence-electron chi connectivity index (χ1n) is 5.45. The molecule has 0 rings (SSSR count). The van der Waals surface area contributed by atoms with Crippen molar-refractivity contribution in [2.24, 2.45) is 0 Å². The van der Waals surface area contributed by atoms with Crippen LogP contribution in [0.15, 0.2) is 0 Å². The molecule has 0 spiro atoms. The predicted molar refractivity (Wildman–Crippen MR) is 63.8 cm³/mol. The van der Waals surface area contributed by atoms with Crippen LogP contribution in [-0.2, 0) is 9.47 Å². The van der Waals surface area contributed by atoms with Crippen LogP contribution in [0.25, 0.3) is 0 Å². The zero-order chi connectivity index (χ0) is 10.8. The van der Waals surface area contributed by atoms with Gasteiger partial charge in [0.1, 0.15) is 6.10 Å². The summed E-state index contributed by atoms with van der Waals surface area (Å²) in [6.07, 6.45) is 4.67. The molecule has 3 heteroatoms. The van der Waals surface area contributed by atoms with Gasteiger partial charge in [-0.3, -0.25) is 0 Å². The second-order valence-corrected chi connectivity index (χ2v) is 3.93. The summed E-state index contributed by atoms with van der Waals surface area (Å²) in [6.45, 7) is 7.57. The van der Waals surface area contributed by atoms with Crippen molar-refractivity contribution in [1.29, 1.82) is 0 Å². The van der Waals surface area contributed by atoms with Crippen molar-refractivity contribution in [3.05, 3.63) is 0 Å². The van der Waals surface area contributed by atoms with E-state index in [1.807, 2.05) is 13.8 Å². The van der Waals surface area contributed by atoms with E-state index < -0.39 is 0 Å². The van der Waals surface area contributed by atoms with Gasteiger partial charge >= 0.3 is 0 Å². The summed E-state index contributed by atoms with van der Waals surface area (Å²) < 4.78 is 10.9. The highest BCUT2D eigenvalue weighted by Gasteiger charge is 2.09. The number of ether oxygens (including phenoxy) is 2. The molecule has 0 N–H and O–H groups in total. The van der Waals surface area contributed by atoms with E-state index in [9.17, 15) is 0 Å². The lowest BCUT2D eigenvalue weighted by Crippen LogP contribution is -2.17. The molecule has 0 saturated carbocycles. The molecule has 0 bridgehead atoms. The van der Waals surface area contributed by atoms with E-state index in [-0.39, 0.29) is 6.10 Å². The molecule has 0 aromatic heterocycles. The average molecular weight is 218 g/mol. The maximum atomic E-state index is 5.55. The van der Waals surface area contributed by atoms with Crippen LogP contribution in [0.4, 0.5) is 0 Å². The molecule has 2 nitrogen and oxygen atoms in total. The molecule has 0 heterocycles. The molecule has 84 valence electrons. The van der Waals surface area contributed by atoms with Gasteiger partial charge in [-0.05, 0) is 25.6 Å². The van der Waals surface area contributed by atoms with Crippen LogP contribution < -0.4 is 0 Å². The molecule has 14 heavy (non-hydrogen) atoms. The molecule has 0 aromatic rings. The van der Waals surface area contributed by atoms with Crippen molar-refractivity contribution in [3.63, 3.8) is 0 Å². The quantitative estimate of drug-likeness (QED) is 0.460. The van der Waals surface area contributed by atoms with E-state index >= 15 is 0 Å². The minimum Gasteiger partial charge on any atom is -0.484 e. The van der Waals surface area contributed by atoms with Gasteiger partial charge < -0.3 is 9.47 Å². The second-order valence-electron chi connectivity index (χ2n) is 3.36. The Morgan fingerprint density at radius 2 is 2.00 bits per heavy atom. The lowest BCUT2D eigenvalue weighted by Gasteiger charge is -2.17. The van der Waals surface area contributed by atoms with Crippen molar-refractivity contribution >= 4 is 17.3 Å². The zero-order valence-corrected chi connectivity index (χ0v) is 10.4. The summed E-state index contributed by atoms with van der Waals surface area (Å²) in [7, 11) is 0. The topological polar surface area (TPSA) is 18.5 Å². The van der Waals surface area contributed by atoms with Crippen molar-refractivity contribution in [2.75, 3.05) is 13.2 Å². The van der Waals surface area contributed by atoms with Crippen molar-refractivity contribution < 1.29 is 9.47 Å². The highest BCUT2D eigenvalue weighted by Crippen LogP contribution is 2.10. The Morgan fingerprint density at radius 1 is 1.29 bits per heavy atom. The molecule has 0 aliphatic carbocycles. The molecule has 0 aliphatic rings. The Bertz CT molecular complexity index is 148. The van der Waals surface area contributed by atoms with Crippen LogP contribution in [-0.4, -0.2) is 24.4 Å². The first-order valence-corrected chi connectivity index (χ1v) is 5.86. The Balaban J connectivity index is 3.66.